The number of ether oxygens (including phenoxy) is 1. The topological polar surface area (TPSA) is 69.3 Å². The summed E-state index contributed by atoms with van der Waals surface area (Å²) in [7, 11) is 0. The van der Waals surface area contributed by atoms with E-state index in [1.165, 1.54) is 17.4 Å². The highest BCUT2D eigenvalue weighted by Gasteiger charge is 2.11. The number of rotatable bonds is 11. The highest BCUT2D eigenvalue weighted by molar-refractivity contribution is 5.91. The van der Waals surface area contributed by atoms with Crippen LogP contribution in [0.15, 0.2) is 65.3 Å². The normalized spacial score (nSPS) is 11.1. The molecule has 1 amide bonds. The van der Waals surface area contributed by atoms with Gasteiger partial charge in [0.15, 0.2) is 5.76 Å². The Bertz CT molecular complexity index is 1190. The van der Waals surface area contributed by atoms with Gasteiger partial charge in [-0.3, -0.25) is 4.79 Å². The molecule has 0 saturated heterocycles. The van der Waals surface area contributed by atoms with Gasteiger partial charge in [0, 0.05) is 19.5 Å². The number of imidazole rings is 1. The molecule has 0 radical (unpaired) electrons. The van der Waals surface area contributed by atoms with Crippen molar-refractivity contribution < 1.29 is 13.9 Å². The molecule has 0 aliphatic carbocycles. The fraction of sp³-hybridized carbons (Fsp3) is 0.333. The fourth-order valence-electron chi connectivity index (χ4n) is 3.94. The van der Waals surface area contributed by atoms with Gasteiger partial charge in [0.1, 0.15) is 11.6 Å². The lowest BCUT2D eigenvalue weighted by Gasteiger charge is -2.12. The van der Waals surface area contributed by atoms with E-state index >= 15 is 0 Å². The molecule has 0 bridgehead atoms. The number of para-hydroxylation sites is 2. The van der Waals surface area contributed by atoms with Gasteiger partial charge >= 0.3 is 0 Å². The quantitative estimate of drug-likeness (QED) is 0.311. The Morgan fingerprint density at radius 2 is 1.91 bits per heavy atom. The van der Waals surface area contributed by atoms with Crippen molar-refractivity contribution in [2.24, 2.45) is 0 Å². The van der Waals surface area contributed by atoms with Crippen molar-refractivity contribution in [1.29, 1.82) is 0 Å². The number of carbonyl (C=O) groups excluding carboxylic acids is 1. The Kier molecular flexibility index (Phi) is 7.45. The van der Waals surface area contributed by atoms with Crippen molar-refractivity contribution in [3.63, 3.8) is 0 Å². The summed E-state index contributed by atoms with van der Waals surface area (Å²) < 4.78 is 13.5. The van der Waals surface area contributed by atoms with Crippen LogP contribution in [0, 0.1) is 13.8 Å². The van der Waals surface area contributed by atoms with Gasteiger partial charge in [-0.05, 0) is 74.6 Å². The maximum atomic E-state index is 12.0. The van der Waals surface area contributed by atoms with Crippen LogP contribution in [0.1, 0.15) is 46.8 Å². The van der Waals surface area contributed by atoms with Crippen molar-refractivity contribution in [2.75, 3.05) is 13.2 Å². The molecule has 33 heavy (non-hydrogen) atoms. The van der Waals surface area contributed by atoms with Crippen LogP contribution in [0.3, 0.4) is 0 Å². The second-order valence-corrected chi connectivity index (χ2v) is 8.26. The summed E-state index contributed by atoms with van der Waals surface area (Å²) in [5.41, 5.74) is 4.63. The zero-order valence-corrected chi connectivity index (χ0v) is 19.3. The van der Waals surface area contributed by atoms with Gasteiger partial charge < -0.3 is 19.0 Å². The van der Waals surface area contributed by atoms with E-state index in [0.29, 0.717) is 18.9 Å². The monoisotopic (exact) mass is 445 g/mol. The van der Waals surface area contributed by atoms with Gasteiger partial charge in [0.2, 0.25) is 0 Å². The van der Waals surface area contributed by atoms with Crippen LogP contribution in [0.25, 0.3) is 11.0 Å². The summed E-state index contributed by atoms with van der Waals surface area (Å²) in [4.78, 5) is 16.9. The summed E-state index contributed by atoms with van der Waals surface area (Å²) in [5, 5.41) is 2.91. The molecule has 172 valence electrons. The van der Waals surface area contributed by atoms with E-state index in [1.807, 2.05) is 18.2 Å². The maximum absolute atomic E-state index is 12.0. The lowest BCUT2D eigenvalue weighted by molar-refractivity contribution is 0.0925. The average Bonchev–Trinajstić information content (AvgIpc) is 3.48. The summed E-state index contributed by atoms with van der Waals surface area (Å²) >= 11 is 0. The summed E-state index contributed by atoms with van der Waals surface area (Å²) in [5.74, 6) is 2.18. The van der Waals surface area contributed by atoms with Crippen LogP contribution >= 0.6 is 0 Å². The molecule has 4 rings (SSSR count). The number of furan rings is 1. The molecule has 0 unspecified atom stereocenters. The van der Waals surface area contributed by atoms with Crippen LogP contribution < -0.4 is 10.1 Å². The molecule has 2 aromatic heterocycles. The number of unbranched alkanes of at least 4 members (excludes halogenated alkanes) is 1. The molecule has 2 heterocycles. The van der Waals surface area contributed by atoms with Crippen molar-refractivity contribution in [3.8, 4) is 5.75 Å². The minimum absolute atomic E-state index is 0.183. The molecule has 0 aliphatic heterocycles. The standard InChI is InChI=1S/C27H31N3O3/c1-20-10-7-13-24(21(20)2)32-18-6-5-17-30-23-12-4-3-11-22(23)29-26(30)15-8-16-28-27(31)25-14-9-19-33-25/h3-4,7,9-14,19H,5-6,8,15-18H2,1-2H3,(H,28,31). The van der Waals surface area contributed by atoms with E-state index in [9.17, 15) is 4.79 Å². The van der Waals surface area contributed by atoms with Crippen molar-refractivity contribution >= 4 is 16.9 Å². The first kappa shape index (κ1) is 22.6. The lowest BCUT2D eigenvalue weighted by atomic mass is 10.1. The minimum atomic E-state index is -0.183. The number of aromatic nitrogens is 2. The molecule has 6 nitrogen and oxygen atoms in total. The molecule has 0 aliphatic rings. The number of aryl methyl sites for hydroxylation is 3. The Labute approximate surface area is 194 Å². The van der Waals surface area contributed by atoms with Gasteiger partial charge in [-0.15, -0.1) is 0 Å². The highest BCUT2D eigenvalue weighted by atomic mass is 16.5. The van der Waals surface area contributed by atoms with Gasteiger partial charge in [0.05, 0.1) is 23.9 Å². The number of hydrogen-bond acceptors (Lipinski definition) is 4. The van der Waals surface area contributed by atoms with Gasteiger partial charge in [-0.1, -0.05) is 24.3 Å². The molecule has 0 atom stereocenters. The summed E-state index contributed by atoms with van der Waals surface area (Å²) in [6.45, 7) is 6.38. The lowest BCUT2D eigenvalue weighted by Crippen LogP contribution is -2.24. The molecular formula is C27H31N3O3. The fourth-order valence-corrected chi connectivity index (χ4v) is 3.94. The second kappa shape index (κ2) is 10.9. The predicted molar refractivity (Wildman–Crippen MR) is 130 cm³/mol. The van der Waals surface area contributed by atoms with Crippen molar-refractivity contribution in [2.45, 2.75) is 46.1 Å². The number of nitrogens with one attached hydrogen (secondary N) is 1. The Morgan fingerprint density at radius 3 is 2.76 bits per heavy atom. The Hall–Kier alpha value is -3.54. The molecule has 0 saturated carbocycles. The minimum Gasteiger partial charge on any atom is -0.493 e. The summed E-state index contributed by atoms with van der Waals surface area (Å²) in [6.07, 6.45) is 5.09. The van der Waals surface area contributed by atoms with Crippen molar-refractivity contribution in [3.05, 3.63) is 83.6 Å². The summed E-state index contributed by atoms with van der Waals surface area (Å²) in [6, 6.07) is 17.8. The molecule has 0 spiro atoms. The van der Waals surface area contributed by atoms with Crippen LogP contribution in [0.4, 0.5) is 0 Å². The van der Waals surface area contributed by atoms with Gasteiger partial charge in [-0.2, -0.15) is 0 Å². The van der Waals surface area contributed by atoms with Crippen LogP contribution in [0.5, 0.6) is 5.75 Å². The molecular weight excluding hydrogens is 414 g/mol. The van der Waals surface area contributed by atoms with Crippen molar-refractivity contribution in [1.82, 2.24) is 14.9 Å². The molecule has 6 heteroatoms. The highest BCUT2D eigenvalue weighted by Crippen LogP contribution is 2.21. The van der Waals surface area contributed by atoms with E-state index in [4.69, 9.17) is 14.1 Å². The van der Waals surface area contributed by atoms with Gasteiger partial charge in [-0.25, -0.2) is 4.98 Å². The molecule has 1 N–H and O–H groups in total. The zero-order chi connectivity index (χ0) is 23.0. The molecule has 4 aromatic rings. The third kappa shape index (κ3) is 5.64. The van der Waals surface area contributed by atoms with Crippen LogP contribution in [-0.4, -0.2) is 28.6 Å². The van der Waals surface area contributed by atoms with E-state index < -0.39 is 0 Å². The number of nitrogens with zero attached hydrogens (tertiary/aromatic N) is 2. The van der Waals surface area contributed by atoms with Crippen LogP contribution in [-0.2, 0) is 13.0 Å². The predicted octanol–water partition coefficient (Wildman–Crippen LogP) is 5.47. The van der Waals surface area contributed by atoms with E-state index in [-0.39, 0.29) is 5.91 Å². The van der Waals surface area contributed by atoms with E-state index in [1.54, 1.807) is 12.1 Å². The largest absolute Gasteiger partial charge is 0.493 e. The first-order valence-corrected chi connectivity index (χ1v) is 11.6. The number of hydrogen-bond donors (Lipinski definition) is 1. The number of benzene rings is 2. The zero-order valence-electron chi connectivity index (χ0n) is 19.3. The number of carbonyl (C=O) groups is 1. The third-order valence-corrected chi connectivity index (χ3v) is 5.93. The smallest absolute Gasteiger partial charge is 0.286 e. The molecule has 2 aromatic carbocycles. The SMILES string of the molecule is Cc1cccc(OCCCCn2c(CCCNC(=O)c3ccco3)nc3ccccc32)c1C. The second-order valence-electron chi connectivity index (χ2n) is 8.26. The third-order valence-electron chi connectivity index (χ3n) is 5.93. The van der Waals surface area contributed by atoms with E-state index in [0.717, 1.165) is 54.8 Å². The number of fused-ring (bicyclic) bond motifs is 1. The molecule has 0 fully saturated rings. The first-order chi connectivity index (χ1) is 16.1. The Balaban J connectivity index is 1.30. The number of amides is 1. The maximum Gasteiger partial charge on any atom is 0.286 e. The van der Waals surface area contributed by atoms with Gasteiger partial charge in [0.25, 0.3) is 5.91 Å². The Morgan fingerprint density at radius 1 is 1.03 bits per heavy atom. The van der Waals surface area contributed by atoms with Crippen LogP contribution in [0.2, 0.25) is 0 Å². The first-order valence-electron chi connectivity index (χ1n) is 11.6. The van der Waals surface area contributed by atoms with E-state index in [2.05, 4.69) is 48.0 Å². The average molecular weight is 446 g/mol.